The minimum Gasteiger partial charge on any atom is -0.478 e. The lowest BCUT2D eigenvalue weighted by atomic mass is 9.99. The van der Waals surface area contributed by atoms with Gasteiger partial charge in [-0.25, -0.2) is 4.79 Å². The van der Waals surface area contributed by atoms with Gasteiger partial charge >= 0.3 is 12.1 Å². The van der Waals surface area contributed by atoms with E-state index >= 15 is 0 Å². The monoisotopic (exact) mass is 472 g/mol. The number of halogens is 3. The fourth-order valence-electron chi connectivity index (χ4n) is 4.50. The van der Waals surface area contributed by atoms with Gasteiger partial charge in [-0.1, -0.05) is 42.5 Å². The number of nitrogens with zero attached hydrogens (tertiary/aromatic N) is 1. The van der Waals surface area contributed by atoms with Crippen molar-refractivity contribution in [3.63, 3.8) is 0 Å². The van der Waals surface area contributed by atoms with Gasteiger partial charge in [-0.3, -0.25) is 0 Å². The third-order valence-corrected chi connectivity index (χ3v) is 6.27. The van der Waals surface area contributed by atoms with E-state index in [-0.39, 0.29) is 23.3 Å². The summed E-state index contributed by atoms with van der Waals surface area (Å²) in [7, 11) is 0. The maximum Gasteiger partial charge on any atom is 0.416 e. The Bertz CT molecular complexity index is 1160. The molecule has 0 aliphatic carbocycles. The maximum atomic E-state index is 13.4. The summed E-state index contributed by atoms with van der Waals surface area (Å²) < 4.78 is 45.8. The number of benzene rings is 3. The summed E-state index contributed by atoms with van der Waals surface area (Å²) in [6, 6.07) is 17.3. The Morgan fingerprint density at radius 2 is 1.94 bits per heavy atom. The lowest BCUT2D eigenvalue weighted by Gasteiger charge is -2.38. The molecule has 0 radical (unpaired) electrons. The van der Waals surface area contributed by atoms with Crippen molar-refractivity contribution in [2.75, 3.05) is 31.2 Å². The van der Waals surface area contributed by atoms with Crippen molar-refractivity contribution in [1.29, 1.82) is 0 Å². The molecular formula is C26H27F3N2O3. The molecule has 5 nitrogen and oxygen atoms in total. The molecule has 3 aromatic carbocycles. The van der Waals surface area contributed by atoms with E-state index in [1.54, 1.807) is 0 Å². The highest BCUT2D eigenvalue weighted by Gasteiger charge is 2.33. The molecule has 2 atom stereocenters. The van der Waals surface area contributed by atoms with E-state index < -0.39 is 17.7 Å². The Balaban J connectivity index is 1.49. The van der Waals surface area contributed by atoms with Crippen LogP contribution >= 0.6 is 0 Å². The van der Waals surface area contributed by atoms with Crippen molar-refractivity contribution in [3.8, 4) is 0 Å². The molecule has 8 heteroatoms. The highest BCUT2D eigenvalue weighted by Crippen LogP contribution is 2.34. The molecule has 34 heavy (non-hydrogen) atoms. The summed E-state index contributed by atoms with van der Waals surface area (Å²) in [4.78, 5) is 13.3. The zero-order chi connectivity index (χ0) is 24.3. The van der Waals surface area contributed by atoms with Gasteiger partial charge in [-0.2, -0.15) is 13.2 Å². The quantitative estimate of drug-likeness (QED) is 0.475. The number of ether oxygens (including phenoxy) is 1. The lowest BCUT2D eigenvalue weighted by Crippen LogP contribution is -2.47. The van der Waals surface area contributed by atoms with Crippen molar-refractivity contribution < 1.29 is 27.8 Å². The van der Waals surface area contributed by atoms with E-state index in [0.29, 0.717) is 38.8 Å². The molecule has 180 valence electrons. The highest BCUT2D eigenvalue weighted by atomic mass is 19.4. The Kier molecular flexibility index (Phi) is 7.09. The van der Waals surface area contributed by atoms with Crippen molar-refractivity contribution in [3.05, 3.63) is 77.4 Å². The molecule has 1 aliphatic heterocycles. The molecular weight excluding hydrogens is 445 g/mol. The summed E-state index contributed by atoms with van der Waals surface area (Å²) in [6.45, 7) is 3.84. The molecule has 4 rings (SSSR count). The van der Waals surface area contributed by atoms with E-state index in [4.69, 9.17) is 4.74 Å². The summed E-state index contributed by atoms with van der Waals surface area (Å²) in [5.74, 6) is -1.39. The molecule has 1 unspecified atom stereocenters. The maximum absolute atomic E-state index is 13.4. The van der Waals surface area contributed by atoms with Gasteiger partial charge < -0.3 is 20.1 Å². The van der Waals surface area contributed by atoms with Gasteiger partial charge in [-0.15, -0.1) is 0 Å². The van der Waals surface area contributed by atoms with Gasteiger partial charge in [-0.05, 0) is 54.4 Å². The number of morpholine rings is 1. The van der Waals surface area contributed by atoms with Crippen LogP contribution in [0.1, 0.15) is 40.9 Å². The summed E-state index contributed by atoms with van der Waals surface area (Å²) in [5, 5.41) is 15.2. The van der Waals surface area contributed by atoms with E-state index in [0.717, 1.165) is 6.07 Å². The molecule has 2 N–H and O–H groups in total. The number of rotatable bonds is 7. The van der Waals surface area contributed by atoms with E-state index in [1.165, 1.54) is 22.4 Å². The first-order valence-corrected chi connectivity index (χ1v) is 11.2. The second kappa shape index (κ2) is 10.0. The number of anilines is 1. The molecule has 1 aliphatic rings. The predicted molar refractivity (Wildman–Crippen MR) is 125 cm³/mol. The number of hydrogen-bond acceptors (Lipinski definition) is 4. The van der Waals surface area contributed by atoms with Gasteiger partial charge in [0.1, 0.15) is 0 Å². The Morgan fingerprint density at radius 3 is 2.71 bits per heavy atom. The second-order valence-electron chi connectivity index (χ2n) is 8.53. The van der Waals surface area contributed by atoms with Gasteiger partial charge in [0.15, 0.2) is 0 Å². The first-order chi connectivity index (χ1) is 16.2. The standard InChI is InChI=1S/C26H27F3N2O3/c1-17(23-8-4-6-18-5-2-3-7-24(18)23)30-10-9-21-16-34-12-11-31(21)22-14-19(25(32)33)13-20(15-22)26(27,28)29/h2-8,13-15,17,21,30H,9-12,16H2,1H3,(H,32,33)/t17-,21?/m1/s1. The van der Waals surface area contributed by atoms with Crippen LogP contribution in [0.3, 0.4) is 0 Å². The van der Waals surface area contributed by atoms with E-state index in [9.17, 15) is 23.1 Å². The minimum absolute atomic E-state index is 0.0798. The SMILES string of the molecule is C[C@@H](NCCC1COCCN1c1cc(C(=O)O)cc(C(F)(F)F)c1)c1cccc2ccccc12. The first kappa shape index (κ1) is 24.0. The predicted octanol–water partition coefficient (Wildman–Crippen LogP) is 5.50. The van der Waals surface area contributed by atoms with Crippen LogP contribution in [0.4, 0.5) is 18.9 Å². The van der Waals surface area contributed by atoms with Crippen molar-refractivity contribution in [1.82, 2.24) is 5.32 Å². The molecule has 0 aromatic heterocycles. The third-order valence-electron chi connectivity index (χ3n) is 6.27. The number of hydrogen-bond donors (Lipinski definition) is 2. The van der Waals surface area contributed by atoms with Crippen LogP contribution in [0, 0.1) is 0 Å². The smallest absolute Gasteiger partial charge is 0.416 e. The Morgan fingerprint density at radius 1 is 1.18 bits per heavy atom. The number of carboxylic acids is 1. The highest BCUT2D eigenvalue weighted by molar-refractivity contribution is 5.89. The zero-order valence-corrected chi connectivity index (χ0v) is 18.8. The number of alkyl halides is 3. The van der Waals surface area contributed by atoms with Crippen LogP contribution in [0.25, 0.3) is 10.8 Å². The van der Waals surface area contributed by atoms with Crippen LogP contribution in [0.5, 0.6) is 0 Å². The molecule has 0 bridgehead atoms. The average molecular weight is 473 g/mol. The largest absolute Gasteiger partial charge is 0.478 e. The molecule has 1 saturated heterocycles. The zero-order valence-electron chi connectivity index (χ0n) is 18.8. The van der Waals surface area contributed by atoms with Gasteiger partial charge in [0.05, 0.1) is 30.4 Å². The minimum atomic E-state index is -4.63. The number of fused-ring (bicyclic) bond motifs is 1. The Hall–Kier alpha value is -3.10. The van der Waals surface area contributed by atoms with Gasteiger partial charge in [0.2, 0.25) is 0 Å². The molecule has 0 saturated carbocycles. The summed E-state index contributed by atoms with van der Waals surface area (Å²) >= 11 is 0. The molecule has 0 spiro atoms. The van der Waals surface area contributed by atoms with Crippen molar-refractivity contribution in [2.24, 2.45) is 0 Å². The van der Waals surface area contributed by atoms with Crippen molar-refractivity contribution >= 4 is 22.4 Å². The molecule has 1 fully saturated rings. The fraction of sp³-hybridized carbons (Fsp3) is 0.346. The van der Waals surface area contributed by atoms with Gasteiger partial charge in [0.25, 0.3) is 0 Å². The normalized spacial score (nSPS) is 17.6. The van der Waals surface area contributed by atoms with E-state index in [2.05, 4.69) is 36.5 Å². The number of nitrogens with one attached hydrogen (secondary N) is 1. The average Bonchev–Trinajstić information content (AvgIpc) is 2.83. The van der Waals surface area contributed by atoms with Crippen LogP contribution in [0.2, 0.25) is 0 Å². The van der Waals surface area contributed by atoms with Crippen LogP contribution in [-0.4, -0.2) is 43.4 Å². The van der Waals surface area contributed by atoms with Crippen molar-refractivity contribution in [2.45, 2.75) is 31.6 Å². The fourth-order valence-corrected chi connectivity index (χ4v) is 4.50. The van der Waals surface area contributed by atoms with Crippen LogP contribution < -0.4 is 10.2 Å². The number of aromatic carboxylic acids is 1. The third kappa shape index (κ3) is 5.34. The Labute approximate surface area is 196 Å². The summed E-state index contributed by atoms with van der Waals surface area (Å²) in [6.07, 6.45) is -3.99. The molecule has 1 heterocycles. The second-order valence-corrected chi connectivity index (χ2v) is 8.53. The first-order valence-electron chi connectivity index (χ1n) is 11.2. The van der Waals surface area contributed by atoms with Crippen LogP contribution in [0.15, 0.2) is 60.7 Å². The number of carboxylic acid groups (broad SMARTS) is 1. The topological polar surface area (TPSA) is 61.8 Å². The summed E-state index contributed by atoms with van der Waals surface area (Å²) in [5.41, 5.74) is 0.0922. The lowest BCUT2D eigenvalue weighted by molar-refractivity contribution is -0.137. The number of carbonyl (C=O) groups is 1. The van der Waals surface area contributed by atoms with Crippen LogP contribution in [-0.2, 0) is 10.9 Å². The van der Waals surface area contributed by atoms with E-state index in [1.807, 2.05) is 23.1 Å². The van der Waals surface area contributed by atoms with Gasteiger partial charge in [0, 0.05) is 18.3 Å². The molecule has 3 aromatic rings. The molecule has 0 amide bonds.